The molecule has 0 aliphatic heterocycles. The maximum atomic E-state index is 10.4. The van der Waals surface area contributed by atoms with E-state index < -0.39 is 0 Å². The summed E-state index contributed by atoms with van der Waals surface area (Å²) >= 11 is 0. The van der Waals surface area contributed by atoms with Crippen LogP contribution in [0.1, 0.15) is 20.8 Å². The second kappa shape index (κ2) is 4.07. The molecule has 0 aliphatic rings. The first-order chi connectivity index (χ1) is 4.16. The van der Waals surface area contributed by atoms with Crippen molar-refractivity contribution in [2.75, 3.05) is 0 Å². The Morgan fingerprint density at radius 3 is 2.11 bits per heavy atom. The Morgan fingerprint density at radius 2 is 1.78 bits per heavy atom. The number of hydrogen-bond acceptors (Lipinski definition) is 1. The van der Waals surface area contributed by atoms with E-state index >= 15 is 0 Å². The van der Waals surface area contributed by atoms with Gasteiger partial charge < -0.3 is 0 Å². The Balaban J connectivity index is 3.86. The standard InChI is InChI=1S/C8H12O/c1-4-7(2)5-6-8(3)9/h4-6H,1-3H3. The minimum Gasteiger partial charge on any atom is -0.295 e. The van der Waals surface area contributed by atoms with Crippen molar-refractivity contribution in [2.45, 2.75) is 20.8 Å². The molecule has 0 atom stereocenters. The summed E-state index contributed by atoms with van der Waals surface area (Å²) in [4.78, 5) is 10.4. The third kappa shape index (κ3) is 5.01. The van der Waals surface area contributed by atoms with Crippen molar-refractivity contribution in [3.8, 4) is 0 Å². The van der Waals surface area contributed by atoms with Crippen molar-refractivity contribution in [3.05, 3.63) is 23.8 Å². The molecule has 0 amide bonds. The first-order valence-corrected chi connectivity index (χ1v) is 2.98. The topological polar surface area (TPSA) is 17.1 Å². The lowest BCUT2D eigenvalue weighted by atomic mass is 10.2. The molecule has 0 saturated heterocycles. The highest BCUT2D eigenvalue weighted by Crippen LogP contribution is 1.92. The second-order valence-electron chi connectivity index (χ2n) is 1.98. The maximum Gasteiger partial charge on any atom is 0.152 e. The van der Waals surface area contributed by atoms with Crippen LogP contribution in [0.15, 0.2) is 23.8 Å². The molecule has 0 aromatic rings. The minimum atomic E-state index is 0.0937. The molecule has 0 aromatic heterocycles. The summed E-state index contributed by atoms with van der Waals surface area (Å²) < 4.78 is 0. The fourth-order valence-corrected chi connectivity index (χ4v) is 0.345. The van der Waals surface area contributed by atoms with Crippen LogP contribution in [0.4, 0.5) is 0 Å². The summed E-state index contributed by atoms with van der Waals surface area (Å²) in [7, 11) is 0. The van der Waals surface area contributed by atoms with Crippen molar-refractivity contribution >= 4 is 5.78 Å². The average Bonchev–Trinajstić information content (AvgIpc) is 1.83. The number of carbonyl (C=O) groups is 1. The van der Waals surface area contributed by atoms with Crippen molar-refractivity contribution in [1.29, 1.82) is 0 Å². The van der Waals surface area contributed by atoms with E-state index in [1.165, 1.54) is 0 Å². The van der Waals surface area contributed by atoms with Gasteiger partial charge in [-0.15, -0.1) is 0 Å². The first kappa shape index (κ1) is 8.15. The Bertz CT molecular complexity index is 152. The van der Waals surface area contributed by atoms with Gasteiger partial charge in [0.25, 0.3) is 0 Å². The van der Waals surface area contributed by atoms with Gasteiger partial charge in [-0.1, -0.05) is 17.7 Å². The molecule has 1 heteroatoms. The third-order valence-electron chi connectivity index (χ3n) is 1.04. The molecule has 0 spiro atoms. The quantitative estimate of drug-likeness (QED) is 0.407. The van der Waals surface area contributed by atoms with E-state index in [4.69, 9.17) is 0 Å². The maximum absolute atomic E-state index is 10.4. The average molecular weight is 124 g/mol. The fourth-order valence-electron chi connectivity index (χ4n) is 0.345. The molecule has 0 N–H and O–H groups in total. The zero-order chi connectivity index (χ0) is 7.28. The highest BCUT2D eigenvalue weighted by molar-refractivity contribution is 5.87. The van der Waals surface area contributed by atoms with E-state index in [0.29, 0.717) is 0 Å². The van der Waals surface area contributed by atoms with Gasteiger partial charge in [-0.25, -0.2) is 0 Å². The van der Waals surface area contributed by atoms with E-state index in [1.807, 2.05) is 26.0 Å². The van der Waals surface area contributed by atoms with Crippen LogP contribution in [0.2, 0.25) is 0 Å². The summed E-state index contributed by atoms with van der Waals surface area (Å²) in [5.41, 5.74) is 1.12. The Morgan fingerprint density at radius 1 is 1.22 bits per heavy atom. The fraction of sp³-hybridized carbons (Fsp3) is 0.375. The summed E-state index contributed by atoms with van der Waals surface area (Å²) in [6.07, 6.45) is 5.33. The zero-order valence-electron chi connectivity index (χ0n) is 6.14. The zero-order valence-corrected chi connectivity index (χ0v) is 6.14. The van der Waals surface area contributed by atoms with Gasteiger partial charge in [-0.3, -0.25) is 4.79 Å². The van der Waals surface area contributed by atoms with Crippen LogP contribution in [-0.2, 0) is 4.79 Å². The Hall–Kier alpha value is -0.850. The Labute approximate surface area is 56.1 Å². The van der Waals surface area contributed by atoms with Gasteiger partial charge in [-0.05, 0) is 26.8 Å². The van der Waals surface area contributed by atoms with Crippen molar-refractivity contribution < 1.29 is 4.79 Å². The van der Waals surface area contributed by atoms with Crippen molar-refractivity contribution in [1.82, 2.24) is 0 Å². The van der Waals surface area contributed by atoms with E-state index in [2.05, 4.69) is 0 Å². The molecule has 9 heavy (non-hydrogen) atoms. The highest BCUT2D eigenvalue weighted by Gasteiger charge is 1.80. The molecule has 0 fully saturated rings. The van der Waals surface area contributed by atoms with E-state index in [0.717, 1.165) is 5.57 Å². The van der Waals surface area contributed by atoms with E-state index in [-0.39, 0.29) is 5.78 Å². The smallest absolute Gasteiger partial charge is 0.152 e. The van der Waals surface area contributed by atoms with Crippen LogP contribution in [0, 0.1) is 0 Å². The predicted octanol–water partition coefficient (Wildman–Crippen LogP) is 2.10. The molecule has 0 aromatic carbocycles. The molecule has 50 valence electrons. The molecule has 0 bridgehead atoms. The van der Waals surface area contributed by atoms with Crippen LogP contribution in [0.5, 0.6) is 0 Å². The largest absolute Gasteiger partial charge is 0.295 e. The lowest BCUT2D eigenvalue weighted by molar-refractivity contribution is -0.112. The lowest BCUT2D eigenvalue weighted by Gasteiger charge is -1.84. The molecule has 0 radical (unpaired) electrons. The highest BCUT2D eigenvalue weighted by atomic mass is 16.1. The monoisotopic (exact) mass is 124 g/mol. The van der Waals surface area contributed by atoms with Gasteiger partial charge in [-0.2, -0.15) is 0 Å². The third-order valence-corrected chi connectivity index (χ3v) is 1.04. The first-order valence-electron chi connectivity index (χ1n) is 2.98. The molecule has 0 rings (SSSR count). The number of carbonyl (C=O) groups excluding carboxylic acids is 1. The minimum absolute atomic E-state index is 0.0937. The predicted molar refractivity (Wildman–Crippen MR) is 39.3 cm³/mol. The van der Waals surface area contributed by atoms with Gasteiger partial charge in [0.2, 0.25) is 0 Å². The molecule has 0 aliphatic carbocycles. The van der Waals surface area contributed by atoms with Crippen molar-refractivity contribution in [3.63, 3.8) is 0 Å². The summed E-state index contributed by atoms with van der Waals surface area (Å²) in [6, 6.07) is 0. The van der Waals surface area contributed by atoms with E-state index in [9.17, 15) is 4.79 Å². The summed E-state index contributed by atoms with van der Waals surface area (Å²) in [5.74, 6) is 0.0937. The Kier molecular flexibility index (Phi) is 3.69. The van der Waals surface area contributed by atoms with Gasteiger partial charge in [0, 0.05) is 0 Å². The van der Waals surface area contributed by atoms with Crippen LogP contribution < -0.4 is 0 Å². The molecular weight excluding hydrogens is 112 g/mol. The van der Waals surface area contributed by atoms with Crippen LogP contribution in [-0.4, -0.2) is 5.78 Å². The SMILES string of the molecule is CC=C(C)C=CC(C)=O. The lowest BCUT2D eigenvalue weighted by Crippen LogP contribution is -1.79. The molecule has 0 unspecified atom stereocenters. The van der Waals surface area contributed by atoms with Gasteiger partial charge in [0.1, 0.15) is 0 Å². The normalized spacial score (nSPS) is 12.6. The molecular formula is C8H12O. The number of hydrogen-bond donors (Lipinski definition) is 0. The summed E-state index contributed by atoms with van der Waals surface area (Å²) in [5, 5.41) is 0. The van der Waals surface area contributed by atoms with Crippen LogP contribution in [0.3, 0.4) is 0 Å². The van der Waals surface area contributed by atoms with Crippen LogP contribution in [0.25, 0.3) is 0 Å². The number of ketones is 1. The number of allylic oxidation sites excluding steroid dienone is 4. The molecule has 0 saturated carbocycles. The van der Waals surface area contributed by atoms with Gasteiger partial charge in [0.15, 0.2) is 5.78 Å². The van der Waals surface area contributed by atoms with Gasteiger partial charge >= 0.3 is 0 Å². The van der Waals surface area contributed by atoms with Gasteiger partial charge in [0.05, 0.1) is 0 Å². The van der Waals surface area contributed by atoms with Crippen LogP contribution >= 0.6 is 0 Å². The summed E-state index contributed by atoms with van der Waals surface area (Å²) in [6.45, 7) is 5.44. The van der Waals surface area contributed by atoms with E-state index in [1.54, 1.807) is 13.0 Å². The van der Waals surface area contributed by atoms with Crippen molar-refractivity contribution in [2.24, 2.45) is 0 Å². The molecule has 0 heterocycles. The second-order valence-corrected chi connectivity index (χ2v) is 1.98. The molecule has 1 nitrogen and oxygen atoms in total. The number of rotatable bonds is 2.